The molecule has 76 valence electrons. The van der Waals surface area contributed by atoms with Crippen molar-refractivity contribution in [3.05, 3.63) is 24.3 Å². The third-order valence-electron chi connectivity index (χ3n) is 1.53. The van der Waals surface area contributed by atoms with E-state index in [0.29, 0.717) is 11.4 Å². The van der Waals surface area contributed by atoms with E-state index >= 15 is 0 Å². The Labute approximate surface area is 82.9 Å². The molecule has 0 aromatic heterocycles. The average molecular weight is 194 g/mol. The van der Waals surface area contributed by atoms with Crippen LogP contribution in [-0.2, 0) is 0 Å². The minimum atomic E-state index is -0.312. The largest absolute Gasteiger partial charge is 0.397 e. The standard InChI is InChI=1S/C9H14N4O/c1-13(2)12-9(14)11-8-6-4-3-5-7(8)10/h3-6H,10H2,1-2H3,(H2,11,12,14). The number of hydrogen-bond acceptors (Lipinski definition) is 3. The molecule has 0 aliphatic carbocycles. The van der Waals surface area contributed by atoms with Gasteiger partial charge < -0.3 is 11.1 Å². The Hall–Kier alpha value is -1.75. The Kier molecular flexibility index (Phi) is 3.30. The molecular weight excluding hydrogens is 180 g/mol. The number of hydrazine groups is 1. The summed E-state index contributed by atoms with van der Waals surface area (Å²) in [6, 6.07) is 6.77. The quantitative estimate of drug-likeness (QED) is 0.483. The molecular formula is C9H14N4O. The number of nitrogens with one attached hydrogen (secondary N) is 2. The third-order valence-corrected chi connectivity index (χ3v) is 1.53. The topological polar surface area (TPSA) is 70.4 Å². The van der Waals surface area contributed by atoms with Crippen molar-refractivity contribution in [2.75, 3.05) is 25.1 Å². The van der Waals surface area contributed by atoms with Crippen molar-refractivity contribution in [3.63, 3.8) is 0 Å². The molecule has 0 radical (unpaired) electrons. The highest BCUT2D eigenvalue weighted by molar-refractivity contribution is 5.92. The second-order valence-corrected chi connectivity index (χ2v) is 3.05. The second-order valence-electron chi connectivity index (χ2n) is 3.05. The summed E-state index contributed by atoms with van der Waals surface area (Å²) in [5.74, 6) is 0. The van der Waals surface area contributed by atoms with Crippen LogP contribution < -0.4 is 16.5 Å². The first-order valence-electron chi connectivity index (χ1n) is 4.19. The number of para-hydroxylation sites is 2. The molecule has 0 aliphatic rings. The molecule has 0 bridgehead atoms. The molecule has 0 saturated heterocycles. The zero-order valence-corrected chi connectivity index (χ0v) is 8.24. The van der Waals surface area contributed by atoms with Gasteiger partial charge in [-0.15, -0.1) is 0 Å². The number of carbonyl (C=O) groups excluding carboxylic acids is 1. The minimum Gasteiger partial charge on any atom is -0.397 e. The molecule has 0 heterocycles. The summed E-state index contributed by atoms with van der Waals surface area (Å²) < 4.78 is 0. The van der Waals surface area contributed by atoms with E-state index in [1.165, 1.54) is 0 Å². The highest BCUT2D eigenvalue weighted by Gasteiger charge is 2.03. The van der Waals surface area contributed by atoms with E-state index in [4.69, 9.17) is 5.73 Å². The zero-order chi connectivity index (χ0) is 10.6. The van der Waals surface area contributed by atoms with E-state index in [9.17, 15) is 4.79 Å². The first-order valence-corrected chi connectivity index (χ1v) is 4.19. The van der Waals surface area contributed by atoms with Crippen molar-refractivity contribution in [3.8, 4) is 0 Å². The van der Waals surface area contributed by atoms with Gasteiger partial charge in [-0.1, -0.05) is 12.1 Å². The monoisotopic (exact) mass is 194 g/mol. The van der Waals surface area contributed by atoms with E-state index in [-0.39, 0.29) is 6.03 Å². The van der Waals surface area contributed by atoms with Crippen LogP contribution in [0.2, 0.25) is 0 Å². The Morgan fingerprint density at radius 1 is 1.36 bits per heavy atom. The van der Waals surface area contributed by atoms with Gasteiger partial charge in [0.05, 0.1) is 11.4 Å². The first-order chi connectivity index (χ1) is 6.59. The van der Waals surface area contributed by atoms with E-state index in [1.54, 1.807) is 31.2 Å². The van der Waals surface area contributed by atoms with Crippen molar-refractivity contribution >= 4 is 17.4 Å². The third kappa shape index (κ3) is 2.95. The molecule has 0 fully saturated rings. The molecule has 5 heteroatoms. The Bertz CT molecular complexity index is 324. The molecule has 1 rings (SSSR count). The Morgan fingerprint density at radius 3 is 2.57 bits per heavy atom. The summed E-state index contributed by atoms with van der Waals surface area (Å²) in [5.41, 5.74) is 9.34. The number of carbonyl (C=O) groups is 1. The van der Waals surface area contributed by atoms with Gasteiger partial charge in [0, 0.05) is 14.1 Å². The highest BCUT2D eigenvalue weighted by atomic mass is 16.2. The SMILES string of the molecule is CN(C)NC(=O)Nc1ccccc1N. The number of benzene rings is 1. The van der Waals surface area contributed by atoms with Crippen LogP contribution in [0.15, 0.2) is 24.3 Å². The molecule has 2 amide bonds. The second kappa shape index (κ2) is 4.48. The van der Waals surface area contributed by atoms with Crippen molar-refractivity contribution in [2.45, 2.75) is 0 Å². The van der Waals surface area contributed by atoms with Crippen LogP contribution in [0.25, 0.3) is 0 Å². The van der Waals surface area contributed by atoms with Crippen molar-refractivity contribution in [1.82, 2.24) is 10.4 Å². The van der Waals surface area contributed by atoms with Crippen molar-refractivity contribution in [2.24, 2.45) is 0 Å². The van der Waals surface area contributed by atoms with Gasteiger partial charge in [-0.05, 0) is 12.1 Å². The predicted molar refractivity (Wildman–Crippen MR) is 56.7 cm³/mol. The summed E-state index contributed by atoms with van der Waals surface area (Å²) >= 11 is 0. The van der Waals surface area contributed by atoms with Crippen LogP contribution >= 0.6 is 0 Å². The van der Waals surface area contributed by atoms with Gasteiger partial charge in [-0.3, -0.25) is 5.43 Å². The molecule has 0 aliphatic heterocycles. The summed E-state index contributed by atoms with van der Waals surface area (Å²) in [6.07, 6.45) is 0. The number of amides is 2. The maximum Gasteiger partial charge on any atom is 0.333 e. The van der Waals surface area contributed by atoms with Gasteiger partial charge in [0.25, 0.3) is 0 Å². The van der Waals surface area contributed by atoms with Gasteiger partial charge in [-0.2, -0.15) is 0 Å². The molecule has 0 spiro atoms. The van der Waals surface area contributed by atoms with Crippen molar-refractivity contribution in [1.29, 1.82) is 0 Å². The van der Waals surface area contributed by atoms with E-state index < -0.39 is 0 Å². The molecule has 1 aromatic carbocycles. The summed E-state index contributed by atoms with van der Waals surface area (Å²) in [5, 5.41) is 4.17. The Balaban J connectivity index is 2.61. The fraction of sp³-hybridized carbons (Fsp3) is 0.222. The van der Waals surface area contributed by atoms with E-state index in [1.807, 2.05) is 12.1 Å². The first kappa shape index (κ1) is 10.3. The van der Waals surface area contributed by atoms with Crippen LogP contribution in [0.3, 0.4) is 0 Å². The van der Waals surface area contributed by atoms with E-state index in [0.717, 1.165) is 0 Å². The fourth-order valence-electron chi connectivity index (χ4n) is 0.964. The van der Waals surface area contributed by atoms with Crippen molar-refractivity contribution < 1.29 is 4.79 Å². The summed E-state index contributed by atoms with van der Waals surface area (Å²) in [4.78, 5) is 11.3. The lowest BCUT2D eigenvalue weighted by Gasteiger charge is -2.13. The average Bonchev–Trinajstić information content (AvgIpc) is 2.07. The fourth-order valence-corrected chi connectivity index (χ4v) is 0.964. The predicted octanol–water partition coefficient (Wildman–Crippen LogP) is 0.867. The molecule has 4 N–H and O–H groups in total. The van der Waals surface area contributed by atoms with Gasteiger partial charge >= 0.3 is 6.03 Å². The summed E-state index contributed by atoms with van der Waals surface area (Å²) in [7, 11) is 3.46. The summed E-state index contributed by atoms with van der Waals surface area (Å²) in [6.45, 7) is 0. The lowest BCUT2D eigenvalue weighted by molar-refractivity contribution is 0.224. The molecule has 0 atom stereocenters. The maximum absolute atomic E-state index is 11.3. The van der Waals surface area contributed by atoms with Gasteiger partial charge in [0.15, 0.2) is 0 Å². The molecule has 1 aromatic rings. The lowest BCUT2D eigenvalue weighted by atomic mass is 10.3. The zero-order valence-electron chi connectivity index (χ0n) is 8.24. The normalized spacial score (nSPS) is 9.93. The van der Waals surface area contributed by atoms with E-state index in [2.05, 4.69) is 10.7 Å². The number of nitrogens with zero attached hydrogens (tertiary/aromatic N) is 1. The Morgan fingerprint density at radius 2 is 2.00 bits per heavy atom. The number of urea groups is 1. The number of nitrogen functional groups attached to an aromatic ring is 1. The number of hydrogen-bond donors (Lipinski definition) is 3. The van der Waals surface area contributed by atoms with Crippen LogP contribution in [-0.4, -0.2) is 25.1 Å². The van der Waals surface area contributed by atoms with Gasteiger partial charge in [0.2, 0.25) is 0 Å². The molecule has 0 saturated carbocycles. The molecule has 5 nitrogen and oxygen atoms in total. The van der Waals surface area contributed by atoms with Crippen LogP contribution in [0.4, 0.5) is 16.2 Å². The number of anilines is 2. The van der Waals surface area contributed by atoms with Gasteiger partial charge in [0.1, 0.15) is 0 Å². The molecule has 14 heavy (non-hydrogen) atoms. The number of rotatable bonds is 2. The smallest absolute Gasteiger partial charge is 0.333 e. The number of nitrogens with two attached hydrogens (primary N) is 1. The minimum absolute atomic E-state index is 0.312. The van der Waals surface area contributed by atoms with Crippen LogP contribution in [0, 0.1) is 0 Å². The lowest BCUT2D eigenvalue weighted by Crippen LogP contribution is -2.39. The molecule has 0 unspecified atom stereocenters. The van der Waals surface area contributed by atoms with Gasteiger partial charge in [-0.25, -0.2) is 9.80 Å². The van der Waals surface area contributed by atoms with Crippen LogP contribution in [0.1, 0.15) is 0 Å². The maximum atomic E-state index is 11.3. The highest BCUT2D eigenvalue weighted by Crippen LogP contribution is 2.15. The van der Waals surface area contributed by atoms with Crippen LogP contribution in [0.5, 0.6) is 0 Å².